The molecule has 0 aromatic heterocycles. The molecule has 0 bridgehead atoms. The monoisotopic (exact) mass is 383 g/mol. The number of halogens is 1. The van der Waals surface area contributed by atoms with Crippen molar-refractivity contribution in [2.45, 2.75) is 12.3 Å². The van der Waals surface area contributed by atoms with E-state index >= 15 is 0 Å². The number of nitrogens with zero attached hydrogens (tertiary/aromatic N) is 2. The molecule has 2 aromatic rings. The molecule has 148 valence electrons. The second-order valence-corrected chi connectivity index (χ2v) is 7.73. The van der Waals surface area contributed by atoms with Gasteiger partial charge in [-0.3, -0.25) is 4.90 Å². The van der Waals surface area contributed by atoms with Crippen molar-refractivity contribution in [3.05, 3.63) is 47.8 Å². The summed E-state index contributed by atoms with van der Waals surface area (Å²) in [4.78, 5) is 4.91. The molecular weight excluding hydrogens is 357 g/mol. The number of anilines is 2. The summed E-state index contributed by atoms with van der Waals surface area (Å²) in [5.74, 6) is 2.00. The number of hydrogen-bond donors (Lipinski definition) is 1. The topological polar surface area (TPSA) is 37.0 Å². The van der Waals surface area contributed by atoms with Crippen molar-refractivity contribution in [2.24, 2.45) is 0 Å². The Labute approximate surface area is 165 Å². The average molecular weight is 383 g/mol. The Kier molecular flexibility index (Phi) is 4.72. The summed E-state index contributed by atoms with van der Waals surface area (Å²) in [7, 11) is 0. The predicted molar refractivity (Wildman–Crippen MR) is 108 cm³/mol. The van der Waals surface area contributed by atoms with E-state index in [1.165, 1.54) is 6.07 Å². The van der Waals surface area contributed by atoms with Crippen LogP contribution in [0.5, 0.6) is 11.5 Å². The van der Waals surface area contributed by atoms with Crippen molar-refractivity contribution in [3.63, 3.8) is 0 Å². The average Bonchev–Trinajstić information content (AvgIpc) is 3.14. The lowest BCUT2D eigenvalue weighted by Crippen LogP contribution is -2.47. The quantitative estimate of drug-likeness (QED) is 0.877. The van der Waals surface area contributed by atoms with Gasteiger partial charge in [0.2, 0.25) is 0 Å². The summed E-state index contributed by atoms with van der Waals surface area (Å²) in [5.41, 5.74) is 3.36. The third-order valence-electron chi connectivity index (χ3n) is 6.04. The van der Waals surface area contributed by atoms with Gasteiger partial charge >= 0.3 is 0 Å². The Bertz CT molecular complexity index is 852. The van der Waals surface area contributed by atoms with Gasteiger partial charge in [-0.15, -0.1) is 0 Å². The molecule has 6 heteroatoms. The fraction of sp³-hybridized carbons (Fsp3) is 0.455. The number of piperazine rings is 1. The molecule has 0 aliphatic carbocycles. The van der Waals surface area contributed by atoms with Crippen molar-refractivity contribution in [1.82, 2.24) is 4.90 Å². The maximum atomic E-state index is 13.6. The summed E-state index contributed by atoms with van der Waals surface area (Å²) in [5, 5.41) is 3.40. The van der Waals surface area contributed by atoms with Crippen LogP contribution in [0.4, 0.5) is 15.8 Å². The van der Waals surface area contributed by atoms with Crippen LogP contribution in [0.3, 0.4) is 0 Å². The first kappa shape index (κ1) is 17.6. The van der Waals surface area contributed by atoms with Gasteiger partial charge < -0.3 is 19.7 Å². The van der Waals surface area contributed by atoms with E-state index in [0.717, 1.165) is 74.1 Å². The van der Waals surface area contributed by atoms with Crippen molar-refractivity contribution < 1.29 is 13.9 Å². The Morgan fingerprint density at radius 2 is 1.89 bits per heavy atom. The number of nitrogens with one attached hydrogen (secondary N) is 1. The zero-order valence-electron chi connectivity index (χ0n) is 16.0. The number of para-hydroxylation sites is 1. The van der Waals surface area contributed by atoms with Crippen LogP contribution >= 0.6 is 0 Å². The number of hydrogen-bond acceptors (Lipinski definition) is 5. The van der Waals surface area contributed by atoms with Gasteiger partial charge in [-0.1, -0.05) is 6.07 Å². The van der Waals surface area contributed by atoms with E-state index in [1.54, 1.807) is 6.07 Å². The fourth-order valence-corrected chi connectivity index (χ4v) is 4.49. The maximum Gasteiger partial charge on any atom is 0.184 e. The van der Waals surface area contributed by atoms with Crippen LogP contribution in [-0.2, 0) is 0 Å². The first-order valence-electron chi connectivity index (χ1n) is 10.2. The van der Waals surface area contributed by atoms with Gasteiger partial charge in [-0.25, -0.2) is 4.39 Å². The fourth-order valence-electron chi connectivity index (χ4n) is 4.49. The number of benzene rings is 2. The molecule has 2 aromatic carbocycles. The van der Waals surface area contributed by atoms with Crippen LogP contribution in [0.1, 0.15) is 17.9 Å². The van der Waals surface area contributed by atoms with E-state index in [4.69, 9.17) is 9.47 Å². The van der Waals surface area contributed by atoms with Gasteiger partial charge in [0.15, 0.2) is 11.5 Å². The standard InChI is InChI=1S/C22H26FN3O2/c23-17-4-5-19-18(14-17)16(15-24-19)6-7-25-8-10-26(11-9-25)20-2-1-3-21-22(20)28-13-12-27-21/h1-5,14,16,24H,6-13,15H2. The Morgan fingerprint density at radius 1 is 1.04 bits per heavy atom. The first-order chi connectivity index (χ1) is 13.8. The molecule has 1 unspecified atom stereocenters. The maximum absolute atomic E-state index is 13.6. The molecule has 1 fully saturated rings. The molecule has 1 N–H and O–H groups in total. The lowest BCUT2D eigenvalue weighted by atomic mass is 9.97. The molecular formula is C22H26FN3O2. The van der Waals surface area contributed by atoms with Gasteiger partial charge in [0.05, 0.1) is 5.69 Å². The van der Waals surface area contributed by atoms with Gasteiger partial charge in [0.25, 0.3) is 0 Å². The molecule has 0 spiro atoms. The van der Waals surface area contributed by atoms with Gasteiger partial charge in [0.1, 0.15) is 19.0 Å². The third-order valence-corrected chi connectivity index (χ3v) is 6.04. The molecule has 0 amide bonds. The summed E-state index contributed by atoms with van der Waals surface area (Å²) in [6, 6.07) is 11.2. The molecule has 3 aliphatic heterocycles. The SMILES string of the molecule is Fc1ccc2c(c1)C(CCN1CCN(c3cccc4c3OCCO4)CC1)CN2. The highest BCUT2D eigenvalue weighted by molar-refractivity contribution is 5.65. The molecule has 0 radical (unpaired) electrons. The van der Waals surface area contributed by atoms with Gasteiger partial charge in [-0.05, 0) is 48.9 Å². The van der Waals surface area contributed by atoms with Crippen LogP contribution in [0.25, 0.3) is 0 Å². The van der Waals surface area contributed by atoms with E-state index < -0.39 is 0 Å². The molecule has 3 heterocycles. The van der Waals surface area contributed by atoms with Crippen LogP contribution in [0.15, 0.2) is 36.4 Å². The lowest BCUT2D eigenvalue weighted by molar-refractivity contribution is 0.171. The molecule has 3 aliphatic rings. The second kappa shape index (κ2) is 7.51. The van der Waals surface area contributed by atoms with E-state index in [2.05, 4.69) is 21.2 Å². The highest BCUT2D eigenvalue weighted by Crippen LogP contribution is 2.40. The molecule has 0 saturated carbocycles. The Balaban J connectivity index is 1.17. The first-order valence-corrected chi connectivity index (χ1v) is 10.2. The molecule has 5 nitrogen and oxygen atoms in total. The van der Waals surface area contributed by atoms with Crippen LogP contribution in [0.2, 0.25) is 0 Å². The molecule has 1 atom stereocenters. The Hall–Kier alpha value is -2.47. The summed E-state index contributed by atoms with van der Waals surface area (Å²) < 4.78 is 25.2. The summed E-state index contributed by atoms with van der Waals surface area (Å²) in [6.07, 6.45) is 1.06. The van der Waals surface area contributed by atoms with Crippen LogP contribution in [-0.4, -0.2) is 57.4 Å². The summed E-state index contributed by atoms with van der Waals surface area (Å²) in [6.45, 7) is 7.20. The highest BCUT2D eigenvalue weighted by Gasteiger charge is 2.26. The second-order valence-electron chi connectivity index (χ2n) is 7.73. The number of rotatable bonds is 4. The minimum absolute atomic E-state index is 0.140. The van der Waals surface area contributed by atoms with Crippen molar-refractivity contribution in [1.29, 1.82) is 0 Å². The van der Waals surface area contributed by atoms with Crippen molar-refractivity contribution in [2.75, 3.05) is 62.7 Å². The van der Waals surface area contributed by atoms with E-state index in [0.29, 0.717) is 19.1 Å². The minimum Gasteiger partial charge on any atom is -0.486 e. The third kappa shape index (κ3) is 3.37. The highest BCUT2D eigenvalue weighted by atomic mass is 19.1. The van der Waals surface area contributed by atoms with Crippen molar-refractivity contribution >= 4 is 11.4 Å². The normalized spacial score (nSPS) is 21.3. The zero-order valence-corrected chi connectivity index (χ0v) is 16.0. The van der Waals surface area contributed by atoms with E-state index in [9.17, 15) is 4.39 Å². The minimum atomic E-state index is -0.140. The molecule has 28 heavy (non-hydrogen) atoms. The number of fused-ring (bicyclic) bond motifs is 2. The molecule has 1 saturated heterocycles. The van der Waals surface area contributed by atoms with Crippen LogP contribution in [0, 0.1) is 5.82 Å². The molecule has 5 rings (SSSR count). The smallest absolute Gasteiger partial charge is 0.184 e. The summed E-state index contributed by atoms with van der Waals surface area (Å²) >= 11 is 0. The van der Waals surface area contributed by atoms with E-state index in [-0.39, 0.29) is 5.82 Å². The predicted octanol–water partition coefficient (Wildman–Crippen LogP) is 3.32. The van der Waals surface area contributed by atoms with Gasteiger partial charge in [0, 0.05) is 44.3 Å². The Morgan fingerprint density at radius 3 is 2.79 bits per heavy atom. The lowest BCUT2D eigenvalue weighted by Gasteiger charge is -2.37. The van der Waals surface area contributed by atoms with E-state index in [1.807, 2.05) is 18.2 Å². The van der Waals surface area contributed by atoms with Gasteiger partial charge in [-0.2, -0.15) is 0 Å². The van der Waals surface area contributed by atoms with Crippen molar-refractivity contribution in [3.8, 4) is 11.5 Å². The zero-order chi connectivity index (χ0) is 18.9. The largest absolute Gasteiger partial charge is 0.486 e. The number of ether oxygens (including phenoxy) is 2. The van der Waals surface area contributed by atoms with Crippen LogP contribution < -0.4 is 19.7 Å².